The first-order chi connectivity index (χ1) is 18.5. The summed E-state index contributed by atoms with van der Waals surface area (Å²) in [6, 6.07) is 27.8. The third kappa shape index (κ3) is 6.13. The molecule has 3 aromatic carbocycles. The van der Waals surface area contributed by atoms with Crippen LogP contribution in [0.3, 0.4) is 0 Å². The number of benzene rings is 3. The van der Waals surface area contributed by atoms with E-state index in [9.17, 15) is 0 Å². The lowest BCUT2D eigenvalue weighted by molar-refractivity contribution is 0.605. The second kappa shape index (κ2) is 11.6. The Labute approximate surface area is 231 Å². The number of pyridine rings is 1. The van der Waals surface area contributed by atoms with Crippen molar-refractivity contribution < 1.29 is 0 Å². The van der Waals surface area contributed by atoms with Crippen LogP contribution in [-0.4, -0.2) is 32.2 Å². The van der Waals surface area contributed by atoms with Crippen LogP contribution >= 0.6 is 23.2 Å². The topological polar surface area (TPSA) is 82.6 Å². The Morgan fingerprint density at radius 3 is 2.37 bits per heavy atom. The summed E-state index contributed by atoms with van der Waals surface area (Å²) < 4.78 is 0. The van der Waals surface area contributed by atoms with E-state index in [4.69, 9.17) is 28.2 Å². The van der Waals surface area contributed by atoms with E-state index in [1.165, 1.54) is 5.56 Å². The summed E-state index contributed by atoms with van der Waals surface area (Å²) in [7, 11) is 0. The molecule has 0 spiro atoms. The molecule has 0 saturated carbocycles. The van der Waals surface area contributed by atoms with Gasteiger partial charge in [0.15, 0.2) is 5.82 Å². The number of nitrogens with one attached hydrogen (secondary N) is 2. The summed E-state index contributed by atoms with van der Waals surface area (Å²) >= 11 is 12.6. The number of tetrazole rings is 1. The van der Waals surface area contributed by atoms with Gasteiger partial charge in [0, 0.05) is 41.0 Å². The molecule has 7 nitrogen and oxygen atoms in total. The number of nitrogens with zero attached hydrogens (tertiary/aromatic N) is 5. The Balaban J connectivity index is 1.63. The standard InChI is InChI=1S/C29H27Cl2N7/c1-19(2)17-38(18-20-8-4-3-5-9-20)28-16-22(32-26-13-12-21(30)14-25(26)31)15-27(33-28)23-10-6-7-11-24(23)29-34-36-37-35-29/h3-16,19H,17-18H2,1-2H3,(H,32,33)(H,34,35,36,37). The fourth-order valence-electron chi connectivity index (χ4n) is 4.30. The minimum atomic E-state index is 0.429. The van der Waals surface area contributed by atoms with E-state index < -0.39 is 0 Å². The largest absolute Gasteiger partial charge is 0.354 e. The lowest BCUT2D eigenvalue weighted by Gasteiger charge is -2.27. The van der Waals surface area contributed by atoms with Crippen LogP contribution < -0.4 is 10.2 Å². The molecule has 0 atom stereocenters. The Morgan fingerprint density at radius 2 is 1.66 bits per heavy atom. The highest BCUT2D eigenvalue weighted by molar-refractivity contribution is 6.36. The van der Waals surface area contributed by atoms with Crippen LogP contribution in [0.2, 0.25) is 10.0 Å². The van der Waals surface area contributed by atoms with Crippen molar-refractivity contribution in [1.82, 2.24) is 25.6 Å². The van der Waals surface area contributed by atoms with E-state index in [0.29, 0.717) is 21.8 Å². The van der Waals surface area contributed by atoms with Gasteiger partial charge in [0.25, 0.3) is 0 Å². The van der Waals surface area contributed by atoms with E-state index in [1.807, 2.05) is 48.5 Å². The van der Waals surface area contributed by atoms with Crippen LogP contribution in [0.25, 0.3) is 22.6 Å². The normalized spacial score (nSPS) is 11.1. The van der Waals surface area contributed by atoms with Crippen LogP contribution in [0.5, 0.6) is 0 Å². The third-order valence-electron chi connectivity index (χ3n) is 5.95. The molecule has 5 rings (SSSR count). The van der Waals surface area contributed by atoms with Crippen molar-refractivity contribution in [2.75, 3.05) is 16.8 Å². The van der Waals surface area contributed by atoms with Crippen LogP contribution in [-0.2, 0) is 6.54 Å². The van der Waals surface area contributed by atoms with Crippen molar-refractivity contribution in [1.29, 1.82) is 0 Å². The zero-order valence-corrected chi connectivity index (χ0v) is 22.6. The Morgan fingerprint density at radius 1 is 0.895 bits per heavy atom. The molecule has 5 aromatic rings. The zero-order chi connectivity index (χ0) is 26.5. The number of anilines is 3. The average molecular weight is 544 g/mol. The van der Waals surface area contributed by atoms with Gasteiger partial charge in [0.05, 0.1) is 16.4 Å². The zero-order valence-electron chi connectivity index (χ0n) is 21.1. The number of aromatic nitrogens is 5. The number of hydrogen-bond donors (Lipinski definition) is 2. The first-order valence-corrected chi connectivity index (χ1v) is 13.1. The maximum absolute atomic E-state index is 6.51. The van der Waals surface area contributed by atoms with Gasteiger partial charge in [-0.05, 0) is 46.2 Å². The van der Waals surface area contributed by atoms with E-state index >= 15 is 0 Å². The van der Waals surface area contributed by atoms with Gasteiger partial charge in [-0.3, -0.25) is 0 Å². The lowest BCUT2D eigenvalue weighted by Crippen LogP contribution is -2.28. The molecular formula is C29H27Cl2N7. The summed E-state index contributed by atoms with van der Waals surface area (Å²) in [4.78, 5) is 7.45. The molecule has 2 aromatic heterocycles. The molecule has 0 bridgehead atoms. The summed E-state index contributed by atoms with van der Waals surface area (Å²) in [5, 5.41) is 19.1. The molecule has 0 aliphatic carbocycles. The molecule has 0 fully saturated rings. The van der Waals surface area contributed by atoms with Gasteiger partial charge in [0.1, 0.15) is 5.82 Å². The maximum atomic E-state index is 6.51. The molecule has 9 heteroatoms. The SMILES string of the molecule is CC(C)CN(Cc1ccccc1)c1cc(Nc2ccc(Cl)cc2Cl)cc(-c2ccccc2-c2nnn[nH]2)n1. The average Bonchev–Trinajstić information content (AvgIpc) is 3.45. The van der Waals surface area contributed by atoms with Gasteiger partial charge in [-0.1, -0.05) is 91.6 Å². The van der Waals surface area contributed by atoms with Gasteiger partial charge >= 0.3 is 0 Å². The molecule has 0 aliphatic rings. The summed E-state index contributed by atoms with van der Waals surface area (Å²) in [6.07, 6.45) is 0. The molecule has 2 N–H and O–H groups in total. The number of aromatic amines is 1. The highest BCUT2D eigenvalue weighted by Crippen LogP contribution is 2.35. The number of rotatable bonds is 9. The van der Waals surface area contributed by atoms with Crippen molar-refractivity contribution in [2.24, 2.45) is 5.92 Å². The van der Waals surface area contributed by atoms with E-state index in [1.54, 1.807) is 6.07 Å². The van der Waals surface area contributed by atoms with Gasteiger partial charge in [-0.25, -0.2) is 10.1 Å². The summed E-state index contributed by atoms with van der Waals surface area (Å²) in [5.41, 5.74) is 5.36. The fraction of sp³-hybridized carbons (Fsp3) is 0.172. The first-order valence-electron chi connectivity index (χ1n) is 12.3. The van der Waals surface area contributed by atoms with Crippen molar-refractivity contribution >= 4 is 40.4 Å². The Kier molecular flexibility index (Phi) is 7.86. The Hall–Kier alpha value is -3.94. The molecule has 0 saturated heterocycles. The highest BCUT2D eigenvalue weighted by Gasteiger charge is 2.17. The predicted octanol–water partition coefficient (Wildman–Crippen LogP) is 7.64. The van der Waals surface area contributed by atoms with Gasteiger partial charge in [-0.15, -0.1) is 5.10 Å². The molecule has 38 heavy (non-hydrogen) atoms. The third-order valence-corrected chi connectivity index (χ3v) is 6.50. The molecule has 0 unspecified atom stereocenters. The maximum Gasteiger partial charge on any atom is 0.180 e. The number of halogens is 2. The number of hydrogen-bond acceptors (Lipinski definition) is 6. The lowest BCUT2D eigenvalue weighted by atomic mass is 10.0. The number of H-pyrrole nitrogens is 1. The summed E-state index contributed by atoms with van der Waals surface area (Å²) in [6.45, 7) is 5.98. The first kappa shape index (κ1) is 25.7. The minimum Gasteiger partial charge on any atom is -0.354 e. The van der Waals surface area contributed by atoms with E-state index in [2.05, 4.69) is 75.0 Å². The quantitative estimate of drug-likeness (QED) is 0.198. The molecule has 2 heterocycles. The van der Waals surface area contributed by atoms with Gasteiger partial charge in [-0.2, -0.15) is 0 Å². The van der Waals surface area contributed by atoms with Gasteiger partial charge < -0.3 is 10.2 Å². The smallest absolute Gasteiger partial charge is 0.180 e. The van der Waals surface area contributed by atoms with Crippen LogP contribution in [0.1, 0.15) is 19.4 Å². The molecule has 0 amide bonds. The van der Waals surface area contributed by atoms with Gasteiger partial charge in [0.2, 0.25) is 0 Å². The molecule has 0 radical (unpaired) electrons. The van der Waals surface area contributed by atoms with Crippen molar-refractivity contribution in [3.63, 3.8) is 0 Å². The van der Waals surface area contributed by atoms with Crippen LogP contribution in [0.4, 0.5) is 17.2 Å². The van der Waals surface area contributed by atoms with Crippen molar-refractivity contribution in [3.05, 3.63) is 101 Å². The van der Waals surface area contributed by atoms with Crippen LogP contribution in [0, 0.1) is 5.92 Å². The predicted molar refractivity (Wildman–Crippen MR) is 155 cm³/mol. The monoisotopic (exact) mass is 543 g/mol. The van der Waals surface area contributed by atoms with Crippen molar-refractivity contribution in [2.45, 2.75) is 20.4 Å². The van der Waals surface area contributed by atoms with E-state index in [0.717, 1.165) is 47.1 Å². The highest BCUT2D eigenvalue weighted by atomic mass is 35.5. The van der Waals surface area contributed by atoms with Crippen molar-refractivity contribution in [3.8, 4) is 22.6 Å². The molecular weight excluding hydrogens is 517 g/mol. The molecule has 0 aliphatic heterocycles. The fourth-order valence-corrected chi connectivity index (χ4v) is 4.76. The second-order valence-corrected chi connectivity index (χ2v) is 10.2. The second-order valence-electron chi connectivity index (χ2n) is 9.40. The van der Waals surface area contributed by atoms with Crippen LogP contribution in [0.15, 0.2) is 84.9 Å². The molecule has 192 valence electrons. The van der Waals surface area contributed by atoms with E-state index in [-0.39, 0.29) is 0 Å². The Bertz CT molecular complexity index is 1510. The minimum absolute atomic E-state index is 0.429. The summed E-state index contributed by atoms with van der Waals surface area (Å²) in [5.74, 6) is 1.85.